The molecule has 2 rings (SSSR count). The first-order valence-corrected chi connectivity index (χ1v) is 6.48. The Labute approximate surface area is 110 Å². The Morgan fingerprint density at radius 1 is 1.26 bits per heavy atom. The summed E-state index contributed by atoms with van der Waals surface area (Å²) in [6.07, 6.45) is 0.811. The van der Waals surface area contributed by atoms with E-state index in [1.165, 1.54) is 12.3 Å². The number of pyridine rings is 1. The van der Waals surface area contributed by atoms with Crippen molar-refractivity contribution in [2.45, 2.75) is 37.9 Å². The van der Waals surface area contributed by atoms with E-state index in [-0.39, 0.29) is 11.9 Å². The van der Waals surface area contributed by atoms with Gasteiger partial charge in [-0.3, -0.25) is 0 Å². The van der Waals surface area contributed by atoms with Gasteiger partial charge in [0.25, 0.3) is 0 Å². The number of nitrogens with two attached hydrogens (primary N) is 1. The van der Waals surface area contributed by atoms with Crippen LogP contribution in [-0.2, 0) is 6.18 Å². The second kappa shape index (κ2) is 5.77. The molecule has 1 aromatic heterocycles. The molecule has 0 unspecified atom stereocenters. The van der Waals surface area contributed by atoms with Crippen LogP contribution in [0.4, 0.5) is 19.0 Å². The van der Waals surface area contributed by atoms with Crippen LogP contribution in [0.3, 0.4) is 0 Å². The number of anilines is 1. The Morgan fingerprint density at radius 2 is 1.95 bits per heavy atom. The Morgan fingerprint density at radius 3 is 2.58 bits per heavy atom. The molecule has 0 aliphatic heterocycles. The molecule has 3 nitrogen and oxygen atoms in total. The molecule has 1 aromatic rings. The van der Waals surface area contributed by atoms with Crippen LogP contribution in [0.25, 0.3) is 0 Å². The summed E-state index contributed by atoms with van der Waals surface area (Å²) in [4.78, 5) is 3.79. The van der Waals surface area contributed by atoms with Crippen molar-refractivity contribution in [3.63, 3.8) is 0 Å². The van der Waals surface area contributed by atoms with Crippen molar-refractivity contribution in [2.75, 3.05) is 11.9 Å². The third-order valence-electron chi connectivity index (χ3n) is 3.56. The van der Waals surface area contributed by atoms with E-state index in [1.54, 1.807) is 0 Å². The van der Waals surface area contributed by atoms with Gasteiger partial charge in [0.15, 0.2) is 0 Å². The zero-order valence-corrected chi connectivity index (χ0v) is 10.6. The highest BCUT2D eigenvalue weighted by molar-refractivity contribution is 5.45. The summed E-state index contributed by atoms with van der Waals surface area (Å²) in [5.74, 6) is 0.299. The van der Waals surface area contributed by atoms with E-state index < -0.39 is 11.7 Å². The first-order valence-electron chi connectivity index (χ1n) is 6.48. The predicted molar refractivity (Wildman–Crippen MR) is 67.7 cm³/mol. The lowest BCUT2D eigenvalue weighted by Gasteiger charge is -2.26. The van der Waals surface area contributed by atoms with Gasteiger partial charge in [-0.25, -0.2) is 4.98 Å². The van der Waals surface area contributed by atoms with Crippen molar-refractivity contribution in [3.8, 4) is 0 Å². The highest BCUT2D eigenvalue weighted by atomic mass is 19.4. The largest absolute Gasteiger partial charge is 0.419 e. The van der Waals surface area contributed by atoms with Crippen LogP contribution >= 0.6 is 0 Å². The fourth-order valence-corrected chi connectivity index (χ4v) is 2.41. The molecule has 1 saturated carbocycles. The van der Waals surface area contributed by atoms with Gasteiger partial charge in [0.1, 0.15) is 5.82 Å². The SMILES string of the molecule is NC1CCC(CNc2ncccc2C(F)(F)F)CC1. The average molecular weight is 273 g/mol. The van der Waals surface area contributed by atoms with Crippen molar-refractivity contribution in [3.05, 3.63) is 23.9 Å². The topological polar surface area (TPSA) is 50.9 Å². The lowest BCUT2D eigenvalue weighted by molar-refractivity contribution is -0.137. The van der Waals surface area contributed by atoms with E-state index in [9.17, 15) is 13.2 Å². The maximum Gasteiger partial charge on any atom is 0.419 e. The van der Waals surface area contributed by atoms with E-state index in [2.05, 4.69) is 10.3 Å². The molecule has 0 atom stereocenters. The van der Waals surface area contributed by atoms with Crippen LogP contribution in [0.5, 0.6) is 0 Å². The summed E-state index contributed by atoms with van der Waals surface area (Å²) in [6.45, 7) is 0.521. The maximum absolute atomic E-state index is 12.8. The Bertz CT molecular complexity index is 412. The van der Waals surface area contributed by atoms with Crippen molar-refractivity contribution in [1.29, 1.82) is 0 Å². The zero-order valence-electron chi connectivity index (χ0n) is 10.6. The highest BCUT2D eigenvalue weighted by Gasteiger charge is 2.34. The summed E-state index contributed by atoms with van der Waals surface area (Å²) in [5, 5.41) is 2.83. The van der Waals surface area contributed by atoms with Crippen LogP contribution < -0.4 is 11.1 Å². The minimum Gasteiger partial charge on any atom is -0.369 e. The summed E-state index contributed by atoms with van der Waals surface area (Å²) in [5.41, 5.74) is 5.10. The number of alkyl halides is 3. The first kappa shape index (κ1) is 14.1. The Balaban J connectivity index is 1.96. The van der Waals surface area contributed by atoms with Crippen LogP contribution in [0, 0.1) is 5.92 Å². The summed E-state index contributed by atoms with van der Waals surface area (Å²) in [6, 6.07) is 2.59. The number of aromatic nitrogens is 1. The summed E-state index contributed by atoms with van der Waals surface area (Å²) < 4.78 is 38.3. The van der Waals surface area contributed by atoms with Gasteiger partial charge in [-0.2, -0.15) is 13.2 Å². The molecule has 1 fully saturated rings. The quantitative estimate of drug-likeness (QED) is 0.890. The lowest BCUT2D eigenvalue weighted by atomic mass is 9.86. The molecule has 0 saturated heterocycles. The molecule has 1 aliphatic rings. The number of halogens is 3. The fraction of sp³-hybridized carbons (Fsp3) is 0.615. The Hall–Kier alpha value is -1.30. The second-order valence-electron chi connectivity index (χ2n) is 5.06. The van der Waals surface area contributed by atoms with E-state index >= 15 is 0 Å². The number of nitrogens with zero attached hydrogens (tertiary/aromatic N) is 1. The molecule has 3 N–H and O–H groups in total. The van der Waals surface area contributed by atoms with E-state index in [0.29, 0.717) is 12.5 Å². The number of rotatable bonds is 3. The van der Waals surface area contributed by atoms with Crippen molar-refractivity contribution in [2.24, 2.45) is 11.7 Å². The van der Waals surface area contributed by atoms with Crippen molar-refractivity contribution < 1.29 is 13.2 Å². The molecule has 106 valence electrons. The van der Waals surface area contributed by atoms with Crippen molar-refractivity contribution >= 4 is 5.82 Å². The predicted octanol–water partition coefficient (Wildman–Crippen LogP) is 3.03. The van der Waals surface area contributed by atoms with Gasteiger partial charge < -0.3 is 11.1 Å². The van der Waals surface area contributed by atoms with Gasteiger partial charge in [0.05, 0.1) is 5.56 Å². The van der Waals surface area contributed by atoms with Crippen LogP contribution in [0.2, 0.25) is 0 Å². The minimum absolute atomic E-state index is 0.0788. The van der Waals surface area contributed by atoms with Gasteiger partial charge in [0, 0.05) is 18.8 Å². The molecule has 19 heavy (non-hydrogen) atoms. The summed E-state index contributed by atoms with van der Waals surface area (Å²) >= 11 is 0. The summed E-state index contributed by atoms with van der Waals surface area (Å²) in [7, 11) is 0. The monoisotopic (exact) mass is 273 g/mol. The van der Waals surface area contributed by atoms with E-state index in [4.69, 9.17) is 5.73 Å². The maximum atomic E-state index is 12.8. The second-order valence-corrected chi connectivity index (χ2v) is 5.06. The van der Waals surface area contributed by atoms with Gasteiger partial charge in [-0.05, 0) is 43.7 Å². The molecular weight excluding hydrogens is 255 g/mol. The van der Waals surface area contributed by atoms with Gasteiger partial charge in [-0.1, -0.05) is 0 Å². The van der Waals surface area contributed by atoms with Crippen LogP contribution in [0.15, 0.2) is 18.3 Å². The third kappa shape index (κ3) is 3.83. The number of hydrogen-bond acceptors (Lipinski definition) is 3. The molecule has 1 aliphatic carbocycles. The smallest absolute Gasteiger partial charge is 0.369 e. The number of nitrogens with one attached hydrogen (secondary N) is 1. The Kier molecular flexibility index (Phi) is 4.29. The lowest BCUT2D eigenvalue weighted by Crippen LogP contribution is -2.29. The van der Waals surface area contributed by atoms with Crippen LogP contribution in [0.1, 0.15) is 31.2 Å². The minimum atomic E-state index is -4.37. The van der Waals surface area contributed by atoms with Gasteiger partial charge in [0.2, 0.25) is 0 Å². The average Bonchev–Trinajstić information content (AvgIpc) is 2.37. The van der Waals surface area contributed by atoms with Gasteiger partial charge in [-0.15, -0.1) is 0 Å². The van der Waals surface area contributed by atoms with Gasteiger partial charge >= 0.3 is 6.18 Å². The molecule has 1 heterocycles. The molecule has 0 amide bonds. The van der Waals surface area contributed by atoms with E-state index in [1.807, 2.05) is 0 Å². The third-order valence-corrected chi connectivity index (χ3v) is 3.56. The highest BCUT2D eigenvalue weighted by Crippen LogP contribution is 2.33. The molecule has 0 bridgehead atoms. The standard InChI is InChI=1S/C13H18F3N3/c14-13(15,16)11-2-1-7-18-12(11)19-8-9-3-5-10(17)6-4-9/h1-2,7,9-10H,3-6,8,17H2,(H,18,19). The molecular formula is C13H18F3N3. The zero-order chi connectivity index (χ0) is 13.9. The fourth-order valence-electron chi connectivity index (χ4n) is 2.41. The normalized spacial score (nSPS) is 24.2. The van der Waals surface area contributed by atoms with Crippen molar-refractivity contribution in [1.82, 2.24) is 4.98 Å². The molecule has 0 radical (unpaired) electrons. The van der Waals surface area contributed by atoms with Crippen LogP contribution in [-0.4, -0.2) is 17.6 Å². The molecule has 0 aromatic carbocycles. The molecule has 0 spiro atoms. The van der Waals surface area contributed by atoms with E-state index in [0.717, 1.165) is 31.7 Å². The molecule has 6 heteroatoms. The first-order chi connectivity index (χ1) is 8.97. The number of hydrogen-bond donors (Lipinski definition) is 2.